The Hall–Kier alpha value is -2.41. The van der Waals surface area contributed by atoms with Crippen molar-refractivity contribution in [2.45, 2.75) is 26.2 Å². The largest absolute Gasteiger partial charge is 0.361 e. The van der Waals surface area contributed by atoms with E-state index in [1.54, 1.807) is 30.4 Å². The summed E-state index contributed by atoms with van der Waals surface area (Å²) in [6.45, 7) is 4.77. The molecule has 0 bridgehead atoms. The van der Waals surface area contributed by atoms with Gasteiger partial charge < -0.3 is 14.3 Å². The lowest BCUT2D eigenvalue weighted by Gasteiger charge is -2.38. The molecule has 142 valence electrons. The molecule has 0 radical (unpaired) electrons. The minimum absolute atomic E-state index is 0.0547. The number of carbonyl (C=O) groups is 2. The molecule has 1 spiro atoms. The Labute approximate surface area is 162 Å². The summed E-state index contributed by atoms with van der Waals surface area (Å²) in [4.78, 5) is 28.8. The zero-order chi connectivity index (χ0) is 18.9. The third-order valence-corrected chi connectivity index (χ3v) is 6.37. The highest BCUT2D eigenvalue weighted by atomic mass is 32.1. The minimum atomic E-state index is -0.0547. The van der Waals surface area contributed by atoms with E-state index in [2.05, 4.69) is 5.16 Å². The summed E-state index contributed by atoms with van der Waals surface area (Å²) in [6.07, 6.45) is 6.40. The molecule has 2 aliphatic rings. The summed E-state index contributed by atoms with van der Waals surface area (Å²) in [7, 11) is 0. The van der Waals surface area contributed by atoms with Gasteiger partial charge in [-0.05, 0) is 60.1 Å². The van der Waals surface area contributed by atoms with Gasteiger partial charge in [-0.2, -0.15) is 11.3 Å². The van der Waals surface area contributed by atoms with Crippen LogP contribution in [0.25, 0.3) is 6.08 Å². The predicted octanol–water partition coefficient (Wildman–Crippen LogP) is 3.21. The van der Waals surface area contributed by atoms with Crippen molar-refractivity contribution in [3.05, 3.63) is 46.0 Å². The molecule has 4 heterocycles. The first-order chi connectivity index (χ1) is 13.0. The molecule has 0 aromatic carbocycles. The monoisotopic (exact) mass is 385 g/mol. The van der Waals surface area contributed by atoms with Crippen LogP contribution in [0.5, 0.6) is 0 Å². The average Bonchev–Trinajstić information content (AvgIpc) is 3.41. The molecule has 0 N–H and O–H groups in total. The van der Waals surface area contributed by atoms with Gasteiger partial charge in [-0.15, -0.1) is 0 Å². The van der Waals surface area contributed by atoms with Crippen molar-refractivity contribution >= 4 is 29.2 Å². The van der Waals surface area contributed by atoms with Gasteiger partial charge in [0.15, 0.2) is 5.69 Å². The summed E-state index contributed by atoms with van der Waals surface area (Å²) in [6, 6.07) is 3.69. The maximum Gasteiger partial charge on any atom is 0.276 e. The molecule has 2 fully saturated rings. The van der Waals surface area contributed by atoms with Gasteiger partial charge in [0.25, 0.3) is 5.91 Å². The fraction of sp³-hybridized carbons (Fsp3) is 0.450. The Kier molecular flexibility index (Phi) is 4.86. The number of hydrogen-bond donors (Lipinski definition) is 0. The lowest BCUT2D eigenvalue weighted by molar-refractivity contribution is -0.128. The van der Waals surface area contributed by atoms with Crippen molar-refractivity contribution in [3.8, 4) is 0 Å². The van der Waals surface area contributed by atoms with Crippen molar-refractivity contribution in [1.29, 1.82) is 0 Å². The lowest BCUT2D eigenvalue weighted by atomic mass is 9.78. The summed E-state index contributed by atoms with van der Waals surface area (Å²) in [5.74, 6) is 0.663. The van der Waals surface area contributed by atoms with Gasteiger partial charge >= 0.3 is 0 Å². The van der Waals surface area contributed by atoms with Crippen LogP contribution in [0.2, 0.25) is 0 Å². The molecule has 0 atom stereocenters. The van der Waals surface area contributed by atoms with Crippen LogP contribution in [0.3, 0.4) is 0 Å². The Morgan fingerprint density at radius 2 is 1.96 bits per heavy atom. The molecule has 0 aliphatic carbocycles. The minimum Gasteiger partial charge on any atom is -0.361 e. The van der Waals surface area contributed by atoms with E-state index in [0.29, 0.717) is 11.5 Å². The Bertz CT molecular complexity index is 848. The van der Waals surface area contributed by atoms with Gasteiger partial charge in [0.1, 0.15) is 5.76 Å². The first-order valence-corrected chi connectivity index (χ1v) is 10.2. The summed E-state index contributed by atoms with van der Waals surface area (Å²) in [5.41, 5.74) is 1.58. The van der Waals surface area contributed by atoms with Crippen LogP contribution in [-0.2, 0) is 4.79 Å². The molecule has 7 heteroatoms. The molecule has 2 amide bonds. The van der Waals surface area contributed by atoms with E-state index in [9.17, 15) is 9.59 Å². The van der Waals surface area contributed by atoms with E-state index in [0.717, 1.165) is 51.0 Å². The molecule has 27 heavy (non-hydrogen) atoms. The number of hydrogen-bond acceptors (Lipinski definition) is 5. The fourth-order valence-corrected chi connectivity index (χ4v) is 4.62. The number of likely N-dealkylation sites (tertiary alicyclic amines) is 2. The van der Waals surface area contributed by atoms with Crippen LogP contribution >= 0.6 is 11.3 Å². The van der Waals surface area contributed by atoms with Crippen LogP contribution in [0, 0.1) is 12.3 Å². The van der Waals surface area contributed by atoms with E-state index >= 15 is 0 Å². The number of nitrogens with zero attached hydrogens (tertiary/aromatic N) is 3. The smallest absolute Gasteiger partial charge is 0.276 e. The Balaban J connectivity index is 1.32. The van der Waals surface area contributed by atoms with Gasteiger partial charge in [-0.1, -0.05) is 5.16 Å². The van der Waals surface area contributed by atoms with Crippen molar-refractivity contribution in [2.24, 2.45) is 5.41 Å². The highest BCUT2D eigenvalue weighted by Gasteiger charge is 2.43. The van der Waals surface area contributed by atoms with Gasteiger partial charge in [-0.25, -0.2) is 0 Å². The Morgan fingerprint density at radius 1 is 1.22 bits per heavy atom. The van der Waals surface area contributed by atoms with Gasteiger partial charge in [-0.3, -0.25) is 9.59 Å². The van der Waals surface area contributed by atoms with Crippen molar-refractivity contribution < 1.29 is 14.1 Å². The summed E-state index contributed by atoms with van der Waals surface area (Å²) in [5, 5.41) is 7.87. The lowest BCUT2D eigenvalue weighted by Crippen LogP contribution is -2.44. The average molecular weight is 385 g/mol. The first kappa shape index (κ1) is 18.0. The summed E-state index contributed by atoms with van der Waals surface area (Å²) < 4.78 is 5.02. The molecular weight excluding hydrogens is 362 g/mol. The van der Waals surface area contributed by atoms with E-state index in [1.165, 1.54) is 0 Å². The van der Waals surface area contributed by atoms with E-state index < -0.39 is 0 Å². The van der Waals surface area contributed by atoms with Crippen molar-refractivity contribution in [1.82, 2.24) is 15.0 Å². The number of amides is 2. The molecule has 2 aromatic heterocycles. The van der Waals surface area contributed by atoms with Crippen molar-refractivity contribution in [2.75, 3.05) is 26.2 Å². The van der Waals surface area contributed by atoms with Gasteiger partial charge in [0.2, 0.25) is 5.91 Å². The van der Waals surface area contributed by atoms with Gasteiger partial charge in [0.05, 0.1) is 0 Å². The molecule has 2 saturated heterocycles. The topological polar surface area (TPSA) is 66.7 Å². The molecule has 4 rings (SSSR count). The Morgan fingerprint density at radius 3 is 2.59 bits per heavy atom. The zero-order valence-corrected chi connectivity index (χ0v) is 16.2. The standard InChI is InChI=1S/C20H23N3O3S/c1-15-12-17(21-26-15)19(25)23-10-7-20(14-23)5-8-22(9-6-20)18(24)3-2-16-4-11-27-13-16/h2-4,11-13H,5-10,14H2,1H3/b3-2+. The van der Waals surface area contributed by atoms with E-state index in [1.807, 2.05) is 32.7 Å². The van der Waals surface area contributed by atoms with Crippen LogP contribution in [0.1, 0.15) is 41.1 Å². The number of carbonyl (C=O) groups excluding carboxylic acids is 2. The number of aryl methyl sites for hydroxylation is 1. The van der Waals surface area contributed by atoms with Crippen LogP contribution in [-0.4, -0.2) is 52.9 Å². The number of aromatic nitrogens is 1. The van der Waals surface area contributed by atoms with E-state index in [-0.39, 0.29) is 17.2 Å². The second-order valence-corrected chi connectivity index (χ2v) is 8.29. The number of piperidine rings is 1. The second-order valence-electron chi connectivity index (χ2n) is 7.51. The fourth-order valence-electron chi connectivity index (χ4n) is 3.99. The van der Waals surface area contributed by atoms with E-state index in [4.69, 9.17) is 4.52 Å². The molecule has 6 nitrogen and oxygen atoms in total. The SMILES string of the molecule is Cc1cc(C(=O)N2CCC3(CCN(C(=O)/C=C/c4ccsc4)CC3)C2)no1. The zero-order valence-electron chi connectivity index (χ0n) is 15.4. The molecule has 2 aliphatic heterocycles. The highest BCUT2D eigenvalue weighted by Crippen LogP contribution is 2.40. The first-order valence-electron chi connectivity index (χ1n) is 9.27. The van der Waals surface area contributed by atoms with Crippen LogP contribution in [0.15, 0.2) is 33.5 Å². The third-order valence-electron chi connectivity index (χ3n) is 5.67. The molecule has 0 saturated carbocycles. The molecule has 0 unspecified atom stereocenters. The predicted molar refractivity (Wildman–Crippen MR) is 103 cm³/mol. The highest BCUT2D eigenvalue weighted by molar-refractivity contribution is 7.08. The number of rotatable bonds is 3. The van der Waals surface area contributed by atoms with Crippen LogP contribution < -0.4 is 0 Å². The maximum atomic E-state index is 12.6. The number of thiophene rings is 1. The third kappa shape index (κ3) is 3.83. The van der Waals surface area contributed by atoms with Crippen LogP contribution in [0.4, 0.5) is 0 Å². The maximum absolute atomic E-state index is 12.6. The van der Waals surface area contributed by atoms with Gasteiger partial charge in [0, 0.05) is 38.3 Å². The molecule has 2 aromatic rings. The normalized spacial score (nSPS) is 19.3. The summed E-state index contributed by atoms with van der Waals surface area (Å²) >= 11 is 1.62. The quantitative estimate of drug-likeness (QED) is 0.761. The second kappa shape index (κ2) is 7.31. The molecular formula is C20H23N3O3S. The van der Waals surface area contributed by atoms with Crippen molar-refractivity contribution in [3.63, 3.8) is 0 Å².